The number of halogens is 6. The van der Waals surface area contributed by atoms with Gasteiger partial charge in [0.05, 0.1) is 16.8 Å². The molecule has 2 nitrogen and oxygen atoms in total. The van der Waals surface area contributed by atoms with Gasteiger partial charge in [0.25, 0.3) is 0 Å². The highest BCUT2D eigenvalue weighted by Crippen LogP contribution is 2.46. The molecular formula is C16H10Cl3F3N2. The topological polar surface area (TPSA) is 15.6 Å². The van der Waals surface area contributed by atoms with E-state index in [1.807, 2.05) is 0 Å². The van der Waals surface area contributed by atoms with Crippen molar-refractivity contribution >= 4 is 46.7 Å². The fourth-order valence-electron chi connectivity index (χ4n) is 2.60. The Labute approximate surface area is 151 Å². The zero-order chi connectivity index (χ0) is 17.5. The third kappa shape index (κ3) is 3.34. The fourth-order valence-corrected chi connectivity index (χ4v) is 3.22. The first kappa shape index (κ1) is 17.4. The molecule has 3 rings (SSSR count). The van der Waals surface area contributed by atoms with Crippen LogP contribution in [0, 0.1) is 5.92 Å². The molecule has 1 heterocycles. The maximum Gasteiger partial charge on any atom is 0.399 e. The Morgan fingerprint density at radius 2 is 1.54 bits per heavy atom. The molecule has 24 heavy (non-hydrogen) atoms. The quantitative estimate of drug-likeness (QED) is 0.578. The lowest BCUT2D eigenvalue weighted by Crippen LogP contribution is -2.33. The summed E-state index contributed by atoms with van der Waals surface area (Å²) in [5, 5.41) is 6.27. The van der Waals surface area contributed by atoms with Crippen molar-refractivity contribution in [3.05, 3.63) is 63.1 Å². The van der Waals surface area contributed by atoms with Gasteiger partial charge in [0.15, 0.2) is 0 Å². The lowest BCUT2D eigenvalue weighted by Gasteiger charge is -2.29. The molecule has 126 valence electrons. The number of nitrogens with zero attached hydrogens (tertiary/aromatic N) is 2. The molecule has 0 amide bonds. The predicted octanol–water partition coefficient (Wildman–Crippen LogP) is 6.37. The van der Waals surface area contributed by atoms with E-state index in [1.54, 1.807) is 36.4 Å². The van der Waals surface area contributed by atoms with Gasteiger partial charge < -0.3 is 0 Å². The monoisotopic (exact) mass is 392 g/mol. The summed E-state index contributed by atoms with van der Waals surface area (Å²) < 4.78 is 40.3. The molecular weight excluding hydrogens is 384 g/mol. The number of hydrazone groups is 1. The van der Waals surface area contributed by atoms with Crippen LogP contribution in [0.4, 0.5) is 18.9 Å². The summed E-state index contributed by atoms with van der Waals surface area (Å²) in [6, 6.07) is 9.69. The molecule has 0 spiro atoms. The van der Waals surface area contributed by atoms with Crippen LogP contribution in [0.5, 0.6) is 0 Å². The van der Waals surface area contributed by atoms with Crippen LogP contribution in [0.3, 0.4) is 0 Å². The minimum atomic E-state index is -4.44. The maximum absolute atomic E-state index is 13.4. The van der Waals surface area contributed by atoms with E-state index in [1.165, 1.54) is 11.1 Å². The van der Waals surface area contributed by atoms with Gasteiger partial charge in [0.1, 0.15) is 5.92 Å². The van der Waals surface area contributed by atoms with Crippen molar-refractivity contribution in [2.75, 3.05) is 5.01 Å². The first-order valence-electron chi connectivity index (χ1n) is 6.88. The number of anilines is 1. The molecule has 1 aliphatic rings. The van der Waals surface area contributed by atoms with E-state index in [0.717, 1.165) is 6.21 Å². The second kappa shape index (κ2) is 6.47. The highest BCUT2D eigenvalue weighted by Gasteiger charge is 2.50. The van der Waals surface area contributed by atoms with Crippen LogP contribution in [0.2, 0.25) is 15.1 Å². The molecule has 0 fully saturated rings. The van der Waals surface area contributed by atoms with Crippen LogP contribution >= 0.6 is 34.8 Å². The average molecular weight is 394 g/mol. The zero-order valence-corrected chi connectivity index (χ0v) is 14.2. The normalized spacial score (nSPS) is 20.7. The first-order chi connectivity index (χ1) is 11.3. The largest absolute Gasteiger partial charge is 0.399 e. The number of benzene rings is 2. The molecule has 0 aromatic heterocycles. The van der Waals surface area contributed by atoms with E-state index < -0.39 is 18.1 Å². The number of alkyl halides is 3. The number of hydrogen-bond donors (Lipinski definition) is 0. The molecule has 0 N–H and O–H groups in total. The second-order valence-corrected chi connectivity index (χ2v) is 6.55. The summed E-state index contributed by atoms with van der Waals surface area (Å²) in [7, 11) is 0. The highest BCUT2D eigenvalue weighted by molar-refractivity contribution is 6.36. The third-order valence-corrected chi connectivity index (χ3v) is 4.49. The van der Waals surface area contributed by atoms with Crippen LogP contribution < -0.4 is 5.01 Å². The molecule has 0 saturated heterocycles. The fraction of sp³-hybridized carbons (Fsp3) is 0.188. The number of hydrogen-bond acceptors (Lipinski definition) is 2. The molecule has 2 unspecified atom stereocenters. The lowest BCUT2D eigenvalue weighted by molar-refractivity contribution is -0.157. The molecule has 8 heteroatoms. The summed E-state index contributed by atoms with van der Waals surface area (Å²) >= 11 is 17.8. The van der Waals surface area contributed by atoms with Gasteiger partial charge in [-0.1, -0.05) is 46.9 Å². The van der Waals surface area contributed by atoms with E-state index in [4.69, 9.17) is 34.8 Å². The van der Waals surface area contributed by atoms with Crippen LogP contribution in [-0.2, 0) is 0 Å². The summed E-state index contributed by atoms with van der Waals surface area (Å²) in [4.78, 5) is 0. The van der Waals surface area contributed by atoms with Gasteiger partial charge in [0.2, 0.25) is 0 Å². The van der Waals surface area contributed by atoms with Crippen molar-refractivity contribution in [1.82, 2.24) is 0 Å². The molecule has 0 bridgehead atoms. The van der Waals surface area contributed by atoms with Gasteiger partial charge in [-0.3, -0.25) is 5.01 Å². The Bertz CT molecular complexity index is 775. The lowest BCUT2D eigenvalue weighted by atomic mass is 9.93. The highest BCUT2D eigenvalue weighted by atomic mass is 35.5. The smallest absolute Gasteiger partial charge is 0.256 e. The van der Waals surface area contributed by atoms with Crippen LogP contribution in [0.25, 0.3) is 0 Å². The predicted molar refractivity (Wildman–Crippen MR) is 91.2 cm³/mol. The Kier molecular flexibility index (Phi) is 4.69. The SMILES string of the molecule is FC(F)(F)C1C=NN(c2ccc(Cl)cc2Cl)C1c1ccc(Cl)cc1. The van der Waals surface area contributed by atoms with Gasteiger partial charge in [-0.25, -0.2) is 0 Å². The van der Waals surface area contributed by atoms with Crippen molar-refractivity contribution in [2.24, 2.45) is 11.0 Å². The summed E-state index contributed by atoms with van der Waals surface area (Å²) in [6.45, 7) is 0. The van der Waals surface area contributed by atoms with Crippen LogP contribution in [-0.4, -0.2) is 12.4 Å². The molecule has 0 aliphatic carbocycles. The van der Waals surface area contributed by atoms with Gasteiger partial charge in [-0.2, -0.15) is 18.3 Å². The summed E-state index contributed by atoms with van der Waals surface area (Å²) in [6.07, 6.45) is -3.55. The molecule has 0 radical (unpaired) electrons. The first-order valence-corrected chi connectivity index (χ1v) is 8.01. The molecule has 2 aromatic carbocycles. The standard InChI is InChI=1S/C16H10Cl3F3N2/c17-10-3-1-9(2-4-10)15-12(16(20,21)22)8-23-24(15)14-6-5-11(18)7-13(14)19/h1-8,12,15H. The van der Waals surface area contributed by atoms with Crippen molar-refractivity contribution in [1.29, 1.82) is 0 Å². The Hall–Kier alpha value is -1.43. The van der Waals surface area contributed by atoms with E-state index >= 15 is 0 Å². The molecule has 0 saturated carbocycles. The molecule has 2 aromatic rings. The number of rotatable bonds is 2. The van der Waals surface area contributed by atoms with Crippen LogP contribution in [0.15, 0.2) is 47.6 Å². The van der Waals surface area contributed by atoms with Crippen molar-refractivity contribution in [3.63, 3.8) is 0 Å². The maximum atomic E-state index is 13.4. The minimum Gasteiger partial charge on any atom is -0.256 e. The van der Waals surface area contributed by atoms with Gasteiger partial charge >= 0.3 is 6.18 Å². The molecule has 2 atom stereocenters. The second-order valence-electron chi connectivity index (χ2n) is 5.27. The van der Waals surface area contributed by atoms with Crippen molar-refractivity contribution in [2.45, 2.75) is 12.2 Å². The Morgan fingerprint density at radius 3 is 2.12 bits per heavy atom. The summed E-state index contributed by atoms with van der Waals surface area (Å²) in [5.41, 5.74) is 0.786. The Morgan fingerprint density at radius 1 is 0.917 bits per heavy atom. The minimum absolute atomic E-state index is 0.224. The third-order valence-electron chi connectivity index (χ3n) is 3.70. The van der Waals surface area contributed by atoms with Gasteiger partial charge in [-0.15, -0.1) is 0 Å². The van der Waals surface area contributed by atoms with Crippen LogP contribution in [0.1, 0.15) is 11.6 Å². The van der Waals surface area contributed by atoms with Gasteiger partial charge in [0, 0.05) is 16.3 Å². The van der Waals surface area contributed by atoms with E-state index in [2.05, 4.69) is 5.10 Å². The van der Waals surface area contributed by atoms with E-state index in [-0.39, 0.29) is 5.02 Å². The van der Waals surface area contributed by atoms with E-state index in [0.29, 0.717) is 21.3 Å². The zero-order valence-electron chi connectivity index (χ0n) is 11.9. The summed E-state index contributed by atoms with van der Waals surface area (Å²) in [5.74, 6) is -1.76. The van der Waals surface area contributed by atoms with Gasteiger partial charge in [-0.05, 0) is 35.9 Å². The van der Waals surface area contributed by atoms with E-state index in [9.17, 15) is 13.2 Å². The molecule has 1 aliphatic heterocycles. The average Bonchev–Trinajstić information content (AvgIpc) is 2.93. The Balaban J connectivity index is 2.07. The van der Waals surface area contributed by atoms with Crippen molar-refractivity contribution < 1.29 is 13.2 Å². The van der Waals surface area contributed by atoms with Crippen molar-refractivity contribution in [3.8, 4) is 0 Å².